The summed E-state index contributed by atoms with van der Waals surface area (Å²) in [4.78, 5) is 24.0. The summed E-state index contributed by atoms with van der Waals surface area (Å²) in [5, 5.41) is 12.5. The molecule has 0 aliphatic rings. The molecule has 0 atom stereocenters. The molecule has 1 amide bonds. The Kier molecular flexibility index (Phi) is 7.10. The Labute approximate surface area is 237 Å². The van der Waals surface area contributed by atoms with Gasteiger partial charge in [0.05, 0.1) is 22.2 Å². The van der Waals surface area contributed by atoms with E-state index in [0.29, 0.717) is 5.69 Å². The van der Waals surface area contributed by atoms with Crippen molar-refractivity contribution in [3.8, 4) is 40.2 Å². The van der Waals surface area contributed by atoms with Crippen LogP contribution in [0.4, 0.5) is 24.7 Å². The number of aryl methyl sites for hydroxylation is 2. The molecule has 3 aromatic heterocycles. The number of fused-ring (bicyclic) bond motifs is 1. The number of nitriles is 1. The number of benzene rings is 2. The molecule has 42 heavy (non-hydrogen) atoms. The highest BCUT2D eigenvalue weighted by Crippen LogP contribution is 2.45. The Morgan fingerprint density at radius 2 is 1.83 bits per heavy atom. The molecule has 5 aromatic rings. The van der Waals surface area contributed by atoms with Crippen LogP contribution in [0.3, 0.4) is 0 Å². The summed E-state index contributed by atoms with van der Waals surface area (Å²) in [6.45, 7) is 6.74. The second-order valence-electron chi connectivity index (χ2n) is 9.46. The number of ether oxygens (including phenoxy) is 1. The van der Waals surface area contributed by atoms with E-state index in [1.807, 2.05) is 6.07 Å². The van der Waals surface area contributed by atoms with Crippen molar-refractivity contribution in [3.63, 3.8) is 0 Å². The van der Waals surface area contributed by atoms with Gasteiger partial charge in [-0.25, -0.2) is 28.1 Å². The molecule has 3 N–H and O–H groups in total. The van der Waals surface area contributed by atoms with E-state index < -0.39 is 29.1 Å². The van der Waals surface area contributed by atoms with Gasteiger partial charge in [-0.2, -0.15) is 5.26 Å². The van der Waals surface area contributed by atoms with Crippen molar-refractivity contribution >= 4 is 28.3 Å². The van der Waals surface area contributed by atoms with E-state index in [0.717, 1.165) is 18.2 Å². The summed E-state index contributed by atoms with van der Waals surface area (Å²) in [6.07, 6.45) is 2.65. The van der Waals surface area contributed by atoms with Gasteiger partial charge in [0.15, 0.2) is 11.6 Å². The Morgan fingerprint density at radius 3 is 2.45 bits per heavy atom. The Hall–Kier alpha value is -5.70. The molecule has 0 unspecified atom stereocenters. The third-order valence-corrected chi connectivity index (χ3v) is 6.48. The maximum atomic E-state index is 15.7. The van der Waals surface area contributed by atoms with Crippen LogP contribution in [-0.2, 0) is 11.8 Å². The van der Waals surface area contributed by atoms with Crippen molar-refractivity contribution in [3.05, 3.63) is 89.7 Å². The largest absolute Gasteiger partial charge is 0.418 e. The normalized spacial score (nSPS) is 10.9. The van der Waals surface area contributed by atoms with Crippen molar-refractivity contribution in [2.24, 2.45) is 7.05 Å². The summed E-state index contributed by atoms with van der Waals surface area (Å²) >= 11 is 0. The number of nitrogen functional groups attached to an aromatic ring is 1. The first-order valence-electron chi connectivity index (χ1n) is 12.4. The molecular weight excluding hydrogens is 547 g/mol. The molecule has 12 heteroatoms. The molecule has 5 rings (SSSR count). The van der Waals surface area contributed by atoms with E-state index in [1.165, 1.54) is 36.0 Å². The number of hydrogen-bond donors (Lipinski definition) is 2. The number of amides is 1. The molecule has 0 aliphatic carbocycles. The molecule has 0 bridgehead atoms. The third-order valence-electron chi connectivity index (χ3n) is 6.48. The molecule has 2 aromatic carbocycles. The van der Waals surface area contributed by atoms with E-state index in [2.05, 4.69) is 26.8 Å². The van der Waals surface area contributed by atoms with Crippen LogP contribution < -0.4 is 15.8 Å². The van der Waals surface area contributed by atoms with Crippen LogP contribution in [0.2, 0.25) is 0 Å². The maximum Gasteiger partial charge on any atom is 0.322 e. The Morgan fingerprint density at radius 1 is 1.12 bits per heavy atom. The van der Waals surface area contributed by atoms with Crippen LogP contribution in [0.5, 0.6) is 11.8 Å². The number of hydrogen-bond acceptors (Lipinski definition) is 7. The summed E-state index contributed by atoms with van der Waals surface area (Å²) in [5.41, 5.74) is 7.82. The number of pyridine rings is 1. The zero-order chi connectivity index (χ0) is 30.3. The van der Waals surface area contributed by atoms with Gasteiger partial charge in [0.2, 0.25) is 5.75 Å². The smallest absolute Gasteiger partial charge is 0.322 e. The average molecular weight is 570 g/mol. The van der Waals surface area contributed by atoms with Crippen molar-refractivity contribution < 1.29 is 22.7 Å². The second kappa shape index (κ2) is 10.7. The quantitative estimate of drug-likeness (QED) is 0.233. The highest BCUT2D eigenvalue weighted by atomic mass is 19.1. The molecule has 0 spiro atoms. The standard InChI is InChI=1S/C30H22F3N7O2/c1-14(2)29(41)39-18-5-6-19(20(31)11-18)26-23(24-25(40(26)4)17(12-34)13-37-28(24)35)16-9-21(32)27(22(33)10-16)42-30-36-8-7-15(3)38-30/h5-11,13H,1H2,2-4H3,(H2,35,37)(H,39,41). The summed E-state index contributed by atoms with van der Waals surface area (Å²) in [5.74, 6) is -4.20. The zero-order valence-corrected chi connectivity index (χ0v) is 22.6. The molecule has 0 saturated heterocycles. The number of carbonyl (C=O) groups is 1. The minimum Gasteiger partial charge on any atom is -0.418 e. The van der Waals surface area contributed by atoms with Gasteiger partial charge in [0, 0.05) is 47.5 Å². The third kappa shape index (κ3) is 4.88. The maximum absolute atomic E-state index is 15.7. The lowest BCUT2D eigenvalue weighted by atomic mass is 9.97. The molecule has 9 nitrogen and oxygen atoms in total. The monoisotopic (exact) mass is 569 g/mol. The van der Waals surface area contributed by atoms with E-state index in [4.69, 9.17) is 10.5 Å². The van der Waals surface area contributed by atoms with Crippen molar-refractivity contribution in [1.82, 2.24) is 19.5 Å². The van der Waals surface area contributed by atoms with E-state index in [-0.39, 0.29) is 61.9 Å². The second-order valence-corrected chi connectivity index (χ2v) is 9.46. The fourth-order valence-corrected chi connectivity index (χ4v) is 4.58. The van der Waals surface area contributed by atoms with E-state index >= 15 is 13.2 Å². The van der Waals surface area contributed by atoms with Crippen molar-refractivity contribution in [2.75, 3.05) is 11.1 Å². The molecule has 0 radical (unpaired) electrons. The van der Waals surface area contributed by atoms with Crippen LogP contribution in [0.1, 0.15) is 18.2 Å². The Bertz CT molecular complexity index is 1960. The van der Waals surface area contributed by atoms with E-state index in [9.17, 15) is 10.1 Å². The molecule has 3 heterocycles. The van der Waals surface area contributed by atoms with Crippen LogP contribution in [0, 0.1) is 35.7 Å². The highest BCUT2D eigenvalue weighted by molar-refractivity contribution is 6.11. The lowest BCUT2D eigenvalue weighted by Gasteiger charge is -2.13. The van der Waals surface area contributed by atoms with Crippen LogP contribution in [0.15, 0.2) is 60.9 Å². The number of nitrogens with zero attached hydrogens (tertiary/aromatic N) is 5. The van der Waals surface area contributed by atoms with Crippen molar-refractivity contribution in [2.45, 2.75) is 13.8 Å². The SMILES string of the molecule is C=C(C)C(=O)Nc1ccc(-c2c(-c3cc(F)c(Oc4nccc(C)n4)c(F)c3)c3c(N)ncc(C#N)c3n2C)c(F)c1. The fourth-order valence-electron chi connectivity index (χ4n) is 4.58. The number of nitrogens with one attached hydrogen (secondary N) is 1. The van der Waals surface area contributed by atoms with Gasteiger partial charge in [-0.1, -0.05) is 6.58 Å². The number of nitrogens with two attached hydrogens (primary N) is 1. The first-order chi connectivity index (χ1) is 20.0. The topological polar surface area (TPSA) is 132 Å². The summed E-state index contributed by atoms with van der Waals surface area (Å²) in [7, 11) is 1.57. The minimum atomic E-state index is -1.08. The van der Waals surface area contributed by atoms with Gasteiger partial charge in [-0.3, -0.25) is 4.79 Å². The fraction of sp³-hybridized carbons (Fsp3) is 0.100. The molecular formula is C30H22F3N7O2. The first-order valence-corrected chi connectivity index (χ1v) is 12.4. The Balaban J connectivity index is 1.74. The number of anilines is 2. The van der Waals surface area contributed by atoms with Crippen molar-refractivity contribution in [1.29, 1.82) is 5.26 Å². The predicted molar refractivity (Wildman–Crippen MR) is 151 cm³/mol. The number of rotatable bonds is 6. The zero-order valence-electron chi connectivity index (χ0n) is 22.6. The molecule has 0 fully saturated rings. The van der Waals surface area contributed by atoms with Gasteiger partial charge in [-0.05, 0) is 55.8 Å². The predicted octanol–water partition coefficient (Wildman–Crippen LogP) is 6.18. The summed E-state index contributed by atoms with van der Waals surface area (Å²) < 4.78 is 53.4. The molecule has 210 valence electrons. The lowest BCUT2D eigenvalue weighted by molar-refractivity contribution is -0.112. The van der Waals surface area contributed by atoms with Crippen LogP contribution >= 0.6 is 0 Å². The lowest BCUT2D eigenvalue weighted by Crippen LogP contribution is -2.12. The van der Waals surface area contributed by atoms with Gasteiger partial charge < -0.3 is 20.4 Å². The number of aromatic nitrogens is 4. The number of halogens is 3. The van der Waals surface area contributed by atoms with Gasteiger partial charge in [0.1, 0.15) is 17.7 Å². The average Bonchev–Trinajstić information content (AvgIpc) is 3.24. The first kappa shape index (κ1) is 27.9. The minimum absolute atomic E-state index is 0.00890. The highest BCUT2D eigenvalue weighted by Gasteiger charge is 2.27. The van der Waals surface area contributed by atoms with Gasteiger partial charge in [0.25, 0.3) is 5.91 Å². The van der Waals surface area contributed by atoms with E-state index in [1.54, 1.807) is 20.0 Å². The molecule has 0 aliphatic heterocycles. The number of carbonyl (C=O) groups excluding carboxylic acids is 1. The van der Waals surface area contributed by atoms with Gasteiger partial charge in [-0.15, -0.1) is 0 Å². The summed E-state index contributed by atoms with van der Waals surface area (Å²) in [6, 6.07) is 9.35. The van der Waals surface area contributed by atoms with Crippen LogP contribution in [0.25, 0.3) is 33.3 Å². The van der Waals surface area contributed by atoms with Crippen LogP contribution in [-0.4, -0.2) is 25.4 Å². The molecule has 0 saturated carbocycles. The van der Waals surface area contributed by atoms with Gasteiger partial charge >= 0.3 is 6.01 Å².